The van der Waals surface area contributed by atoms with Crippen molar-refractivity contribution in [2.24, 2.45) is 5.92 Å². The lowest BCUT2D eigenvalue weighted by molar-refractivity contribution is -0.146. The molecule has 1 fully saturated rings. The highest BCUT2D eigenvalue weighted by Crippen LogP contribution is 2.26. The molecular weight excluding hydrogens is 236 g/mol. The molecule has 4 N–H and O–H groups in total. The van der Waals surface area contributed by atoms with E-state index in [1.165, 1.54) is 6.42 Å². The summed E-state index contributed by atoms with van der Waals surface area (Å²) in [5.41, 5.74) is 0. The van der Waals surface area contributed by atoms with Gasteiger partial charge >= 0.3 is 12.0 Å². The van der Waals surface area contributed by atoms with E-state index in [1.807, 2.05) is 0 Å². The van der Waals surface area contributed by atoms with Crippen LogP contribution in [-0.2, 0) is 4.79 Å². The van der Waals surface area contributed by atoms with Gasteiger partial charge in [-0.15, -0.1) is 0 Å². The molecule has 2 amide bonds. The molecule has 0 bridgehead atoms. The average molecular weight is 258 g/mol. The second kappa shape index (κ2) is 7.20. The SMILES string of the molecule is CCC1CCCCC1NC(=O)NC[C@H](O)C(=O)O. The Morgan fingerprint density at radius 3 is 2.61 bits per heavy atom. The third kappa shape index (κ3) is 4.52. The van der Waals surface area contributed by atoms with Crippen LogP contribution in [-0.4, -0.2) is 40.9 Å². The molecule has 1 aliphatic carbocycles. The van der Waals surface area contributed by atoms with Crippen molar-refractivity contribution in [3.05, 3.63) is 0 Å². The van der Waals surface area contributed by atoms with Crippen molar-refractivity contribution < 1.29 is 19.8 Å². The smallest absolute Gasteiger partial charge is 0.334 e. The summed E-state index contributed by atoms with van der Waals surface area (Å²) >= 11 is 0. The summed E-state index contributed by atoms with van der Waals surface area (Å²) in [5.74, 6) is -0.840. The zero-order valence-electron chi connectivity index (χ0n) is 10.7. The first-order valence-corrected chi connectivity index (χ1v) is 6.49. The van der Waals surface area contributed by atoms with Gasteiger partial charge < -0.3 is 20.8 Å². The van der Waals surface area contributed by atoms with E-state index in [9.17, 15) is 9.59 Å². The second-order valence-corrected chi connectivity index (χ2v) is 4.77. The van der Waals surface area contributed by atoms with Gasteiger partial charge in [-0.05, 0) is 18.8 Å². The Balaban J connectivity index is 2.32. The number of urea groups is 1. The van der Waals surface area contributed by atoms with E-state index in [1.54, 1.807) is 0 Å². The minimum atomic E-state index is -1.55. The molecule has 6 heteroatoms. The number of aliphatic hydroxyl groups is 1. The van der Waals surface area contributed by atoms with Crippen LogP contribution in [0.2, 0.25) is 0 Å². The summed E-state index contributed by atoms with van der Waals surface area (Å²) in [6.07, 6.45) is 3.88. The van der Waals surface area contributed by atoms with Gasteiger partial charge in [0.25, 0.3) is 0 Å². The van der Waals surface area contributed by atoms with E-state index in [4.69, 9.17) is 10.2 Å². The van der Waals surface area contributed by atoms with E-state index in [0.29, 0.717) is 5.92 Å². The van der Waals surface area contributed by atoms with E-state index in [0.717, 1.165) is 25.7 Å². The van der Waals surface area contributed by atoms with Crippen molar-refractivity contribution in [2.45, 2.75) is 51.2 Å². The zero-order chi connectivity index (χ0) is 13.5. The highest BCUT2D eigenvalue weighted by Gasteiger charge is 2.25. The largest absolute Gasteiger partial charge is 0.479 e. The van der Waals surface area contributed by atoms with Crippen LogP contribution in [0.1, 0.15) is 39.0 Å². The lowest BCUT2D eigenvalue weighted by atomic mass is 9.83. The minimum Gasteiger partial charge on any atom is -0.479 e. The van der Waals surface area contributed by atoms with Gasteiger partial charge in [0.15, 0.2) is 6.10 Å². The summed E-state index contributed by atoms with van der Waals surface area (Å²) in [6, 6.07) is -0.244. The van der Waals surface area contributed by atoms with E-state index < -0.39 is 18.1 Å². The number of rotatable bonds is 5. The third-order valence-electron chi connectivity index (χ3n) is 3.49. The minimum absolute atomic E-state index is 0.158. The number of carbonyl (C=O) groups is 2. The van der Waals surface area contributed by atoms with Crippen molar-refractivity contribution in [3.63, 3.8) is 0 Å². The first kappa shape index (κ1) is 14.8. The number of nitrogens with one attached hydrogen (secondary N) is 2. The van der Waals surface area contributed by atoms with E-state index in [2.05, 4.69) is 17.6 Å². The van der Waals surface area contributed by atoms with Gasteiger partial charge in [0, 0.05) is 6.04 Å². The number of aliphatic hydroxyl groups excluding tert-OH is 1. The van der Waals surface area contributed by atoms with Crippen molar-refractivity contribution in [2.75, 3.05) is 6.54 Å². The molecule has 0 spiro atoms. The van der Waals surface area contributed by atoms with Crippen LogP contribution in [0.4, 0.5) is 4.79 Å². The molecule has 3 atom stereocenters. The molecule has 104 valence electrons. The summed E-state index contributed by atoms with van der Waals surface area (Å²) in [4.78, 5) is 22.0. The van der Waals surface area contributed by atoms with Gasteiger partial charge in [-0.3, -0.25) is 0 Å². The molecule has 0 aromatic heterocycles. The Bertz CT molecular complexity index is 296. The molecule has 0 aromatic rings. The van der Waals surface area contributed by atoms with Gasteiger partial charge in [0.05, 0.1) is 6.54 Å². The lowest BCUT2D eigenvalue weighted by Crippen LogP contribution is -2.48. The van der Waals surface area contributed by atoms with Crippen molar-refractivity contribution in [1.82, 2.24) is 10.6 Å². The van der Waals surface area contributed by atoms with E-state index >= 15 is 0 Å². The molecule has 0 saturated heterocycles. The highest BCUT2D eigenvalue weighted by molar-refractivity contribution is 5.76. The van der Waals surface area contributed by atoms with Crippen molar-refractivity contribution in [1.29, 1.82) is 0 Å². The second-order valence-electron chi connectivity index (χ2n) is 4.77. The Labute approximate surface area is 107 Å². The average Bonchev–Trinajstić information content (AvgIpc) is 2.36. The fourth-order valence-electron chi connectivity index (χ4n) is 2.38. The van der Waals surface area contributed by atoms with Crippen LogP contribution in [0.25, 0.3) is 0 Å². The van der Waals surface area contributed by atoms with Gasteiger partial charge in [0.1, 0.15) is 0 Å². The molecule has 0 radical (unpaired) electrons. The van der Waals surface area contributed by atoms with Gasteiger partial charge in [-0.2, -0.15) is 0 Å². The maximum absolute atomic E-state index is 11.6. The molecular formula is C12H22N2O4. The molecule has 1 aliphatic rings. The topological polar surface area (TPSA) is 98.7 Å². The monoisotopic (exact) mass is 258 g/mol. The molecule has 6 nitrogen and oxygen atoms in total. The highest BCUT2D eigenvalue weighted by atomic mass is 16.4. The molecule has 18 heavy (non-hydrogen) atoms. The van der Waals surface area contributed by atoms with E-state index in [-0.39, 0.29) is 12.6 Å². The summed E-state index contributed by atoms with van der Waals surface area (Å²) in [6.45, 7) is 1.83. The van der Waals surface area contributed by atoms with Gasteiger partial charge in [-0.25, -0.2) is 9.59 Å². The first-order chi connectivity index (χ1) is 8.54. The maximum atomic E-state index is 11.6. The van der Waals surface area contributed by atoms with Crippen molar-refractivity contribution >= 4 is 12.0 Å². The molecule has 0 heterocycles. The fourth-order valence-corrected chi connectivity index (χ4v) is 2.38. The van der Waals surface area contributed by atoms with Gasteiger partial charge in [0.2, 0.25) is 0 Å². The standard InChI is InChI=1S/C12H22N2O4/c1-2-8-5-3-4-6-9(8)14-12(18)13-7-10(15)11(16)17/h8-10,15H,2-7H2,1H3,(H,16,17)(H2,13,14,18)/t8?,9?,10-/m0/s1. The number of hydrogen-bond donors (Lipinski definition) is 4. The number of amides is 2. The molecule has 1 saturated carbocycles. The Hall–Kier alpha value is -1.30. The maximum Gasteiger partial charge on any atom is 0.334 e. The summed E-state index contributed by atoms with van der Waals surface area (Å²) in [5, 5.41) is 22.7. The lowest BCUT2D eigenvalue weighted by Gasteiger charge is -2.31. The molecule has 1 rings (SSSR count). The summed E-state index contributed by atoms with van der Waals surface area (Å²) < 4.78 is 0. The number of carboxylic acid groups (broad SMARTS) is 1. The van der Waals surface area contributed by atoms with Crippen LogP contribution >= 0.6 is 0 Å². The van der Waals surface area contributed by atoms with Crippen LogP contribution in [0, 0.1) is 5.92 Å². The van der Waals surface area contributed by atoms with Crippen LogP contribution < -0.4 is 10.6 Å². The predicted octanol–water partition coefficient (Wildman–Crippen LogP) is 0.700. The zero-order valence-corrected chi connectivity index (χ0v) is 10.7. The third-order valence-corrected chi connectivity index (χ3v) is 3.49. The Kier molecular flexibility index (Phi) is 5.91. The van der Waals surface area contributed by atoms with Crippen molar-refractivity contribution in [3.8, 4) is 0 Å². The van der Waals surface area contributed by atoms with Gasteiger partial charge in [-0.1, -0.05) is 26.2 Å². The summed E-state index contributed by atoms with van der Waals surface area (Å²) in [7, 11) is 0. The first-order valence-electron chi connectivity index (χ1n) is 6.49. The molecule has 0 aliphatic heterocycles. The van der Waals surface area contributed by atoms with Crippen LogP contribution in [0.5, 0.6) is 0 Å². The number of carbonyl (C=O) groups excluding carboxylic acids is 1. The fraction of sp³-hybridized carbons (Fsp3) is 0.833. The number of aliphatic carboxylic acids is 1. The molecule has 0 aromatic carbocycles. The quantitative estimate of drug-likeness (QED) is 0.583. The van der Waals surface area contributed by atoms with Crippen LogP contribution in [0.15, 0.2) is 0 Å². The van der Waals surface area contributed by atoms with Crippen LogP contribution in [0.3, 0.4) is 0 Å². The predicted molar refractivity (Wildman–Crippen MR) is 66.2 cm³/mol. The number of carboxylic acids is 1. The molecule has 2 unspecified atom stereocenters. The normalized spacial score (nSPS) is 25.2. The Morgan fingerprint density at radius 2 is 2.00 bits per heavy atom. The Morgan fingerprint density at radius 1 is 1.33 bits per heavy atom. The number of hydrogen-bond acceptors (Lipinski definition) is 3.